The van der Waals surface area contributed by atoms with E-state index in [2.05, 4.69) is 74.6 Å². The van der Waals surface area contributed by atoms with Crippen LogP contribution in [0.3, 0.4) is 0 Å². The van der Waals surface area contributed by atoms with E-state index in [-0.39, 0.29) is 24.3 Å². The molecule has 0 aromatic heterocycles. The van der Waals surface area contributed by atoms with Gasteiger partial charge in [0, 0.05) is 12.1 Å². The number of carbonyl (C=O) groups is 2. The molecule has 0 fully saturated rings. The van der Waals surface area contributed by atoms with Crippen LogP contribution in [0.4, 0.5) is 0 Å². The summed E-state index contributed by atoms with van der Waals surface area (Å²) in [7, 11) is 0. The molecule has 0 bridgehead atoms. The zero-order chi connectivity index (χ0) is 27.4. The molecule has 0 saturated carbocycles. The molecule has 0 radical (unpaired) electrons. The summed E-state index contributed by atoms with van der Waals surface area (Å²) in [5, 5.41) is 11.3. The third kappa shape index (κ3) is 9.70. The highest BCUT2D eigenvalue weighted by Crippen LogP contribution is 2.27. The maximum Gasteiger partial charge on any atom is 0.305 e. The molecule has 202 valence electrons. The Labute approximate surface area is 227 Å². The summed E-state index contributed by atoms with van der Waals surface area (Å²) in [6.45, 7) is 7.56. The van der Waals surface area contributed by atoms with Crippen LogP contribution >= 0.6 is 0 Å². The quantitative estimate of drug-likeness (QED) is 0.219. The highest BCUT2D eigenvalue weighted by atomic mass is 16.5. The predicted molar refractivity (Wildman–Crippen MR) is 154 cm³/mol. The highest BCUT2D eigenvalue weighted by Gasteiger charge is 2.13. The fourth-order valence-corrected chi connectivity index (χ4v) is 4.27. The molecule has 0 heterocycles. The standard InChI is InChI=1S/C33H41NO4/c1-33(2,3)29-18-14-26(15-19-29)27-16-20-30(21-17-27)38-24-8-6-4-5-7-9-25-10-12-28(13-11-25)32(37)34-23-22-31(35)36/h10-21H,4-9,22-24H2,1-3H3,(H,34,37)(H,35,36). The van der Waals surface area contributed by atoms with Crippen LogP contribution in [0, 0.1) is 0 Å². The number of benzene rings is 3. The maximum atomic E-state index is 12.0. The SMILES string of the molecule is CC(C)(C)c1ccc(-c2ccc(OCCCCCCCc3ccc(C(=O)NCCC(=O)O)cc3)cc2)cc1. The van der Waals surface area contributed by atoms with E-state index in [1.165, 1.54) is 35.1 Å². The molecule has 3 aromatic rings. The van der Waals surface area contributed by atoms with Gasteiger partial charge in [0.15, 0.2) is 0 Å². The number of aryl methyl sites for hydroxylation is 1. The average Bonchev–Trinajstić information content (AvgIpc) is 2.90. The second-order valence-corrected chi connectivity index (χ2v) is 10.8. The van der Waals surface area contributed by atoms with E-state index in [9.17, 15) is 9.59 Å². The first-order valence-electron chi connectivity index (χ1n) is 13.6. The molecule has 0 saturated heterocycles. The normalized spacial score (nSPS) is 11.2. The summed E-state index contributed by atoms with van der Waals surface area (Å²) in [6, 6.07) is 24.7. The van der Waals surface area contributed by atoms with Crippen molar-refractivity contribution in [3.05, 3.63) is 89.5 Å². The molecule has 1 amide bonds. The molecular weight excluding hydrogens is 474 g/mol. The molecule has 5 nitrogen and oxygen atoms in total. The molecule has 0 aliphatic carbocycles. The minimum atomic E-state index is -0.920. The Bertz CT molecular complexity index is 1140. The second kappa shape index (κ2) is 14.4. The number of carbonyl (C=O) groups excluding carboxylic acids is 1. The molecule has 0 aliphatic heterocycles. The largest absolute Gasteiger partial charge is 0.494 e. The smallest absolute Gasteiger partial charge is 0.305 e. The minimum Gasteiger partial charge on any atom is -0.494 e. The van der Waals surface area contributed by atoms with E-state index in [1.54, 1.807) is 12.1 Å². The van der Waals surface area contributed by atoms with Crippen molar-refractivity contribution in [1.29, 1.82) is 0 Å². The van der Waals surface area contributed by atoms with Gasteiger partial charge in [0.2, 0.25) is 0 Å². The molecular formula is C33H41NO4. The van der Waals surface area contributed by atoms with Gasteiger partial charge >= 0.3 is 5.97 Å². The molecule has 3 rings (SSSR count). The number of rotatable bonds is 14. The van der Waals surface area contributed by atoms with E-state index >= 15 is 0 Å². The lowest BCUT2D eigenvalue weighted by atomic mass is 9.86. The highest BCUT2D eigenvalue weighted by molar-refractivity contribution is 5.94. The molecule has 0 aliphatic rings. The molecule has 0 atom stereocenters. The summed E-state index contributed by atoms with van der Waals surface area (Å²) in [6.07, 6.45) is 6.56. The van der Waals surface area contributed by atoms with Crippen molar-refractivity contribution >= 4 is 11.9 Å². The first kappa shape index (κ1) is 29.0. The monoisotopic (exact) mass is 515 g/mol. The van der Waals surface area contributed by atoms with E-state index in [1.807, 2.05) is 12.1 Å². The number of hydrogen-bond donors (Lipinski definition) is 2. The van der Waals surface area contributed by atoms with Gasteiger partial charge in [0.25, 0.3) is 5.91 Å². The van der Waals surface area contributed by atoms with Crippen molar-refractivity contribution in [2.45, 2.75) is 71.1 Å². The van der Waals surface area contributed by atoms with Crippen LogP contribution in [0.25, 0.3) is 11.1 Å². The van der Waals surface area contributed by atoms with Crippen molar-refractivity contribution in [3.63, 3.8) is 0 Å². The number of ether oxygens (including phenoxy) is 1. The molecule has 0 spiro atoms. The Kier molecular flexibility index (Phi) is 11.0. The zero-order valence-corrected chi connectivity index (χ0v) is 23.0. The van der Waals surface area contributed by atoms with E-state index in [0.717, 1.165) is 38.0 Å². The third-order valence-electron chi connectivity index (χ3n) is 6.66. The Morgan fingerprint density at radius 1 is 0.763 bits per heavy atom. The molecule has 5 heteroatoms. The van der Waals surface area contributed by atoms with Crippen molar-refractivity contribution in [3.8, 4) is 16.9 Å². The summed E-state index contributed by atoms with van der Waals surface area (Å²) >= 11 is 0. The number of carboxylic acids is 1. The second-order valence-electron chi connectivity index (χ2n) is 10.8. The minimum absolute atomic E-state index is 0.0729. The predicted octanol–water partition coefficient (Wildman–Crippen LogP) is 7.43. The van der Waals surface area contributed by atoms with Crippen LogP contribution < -0.4 is 10.1 Å². The topological polar surface area (TPSA) is 75.6 Å². The number of nitrogens with one attached hydrogen (secondary N) is 1. The lowest BCUT2D eigenvalue weighted by Crippen LogP contribution is -2.25. The van der Waals surface area contributed by atoms with Crippen molar-refractivity contribution < 1.29 is 19.4 Å². The van der Waals surface area contributed by atoms with E-state index in [4.69, 9.17) is 9.84 Å². The van der Waals surface area contributed by atoms with Gasteiger partial charge in [-0.15, -0.1) is 0 Å². The van der Waals surface area contributed by atoms with Crippen molar-refractivity contribution in [1.82, 2.24) is 5.32 Å². The van der Waals surface area contributed by atoms with Gasteiger partial charge in [-0.05, 0) is 71.2 Å². The van der Waals surface area contributed by atoms with Crippen LogP contribution in [-0.4, -0.2) is 30.1 Å². The Morgan fingerprint density at radius 3 is 1.95 bits per heavy atom. The summed E-state index contributed by atoms with van der Waals surface area (Å²) in [5.41, 5.74) is 5.70. The van der Waals surface area contributed by atoms with Crippen LogP contribution in [-0.2, 0) is 16.6 Å². The Hall–Kier alpha value is -3.60. The van der Waals surface area contributed by atoms with Crippen LogP contribution in [0.2, 0.25) is 0 Å². The van der Waals surface area contributed by atoms with Crippen LogP contribution in [0.1, 0.15) is 80.8 Å². The van der Waals surface area contributed by atoms with Crippen LogP contribution in [0.5, 0.6) is 5.75 Å². The third-order valence-corrected chi connectivity index (χ3v) is 6.66. The van der Waals surface area contributed by atoms with Gasteiger partial charge in [0.1, 0.15) is 5.75 Å². The maximum absolute atomic E-state index is 12.0. The van der Waals surface area contributed by atoms with Gasteiger partial charge in [-0.2, -0.15) is 0 Å². The molecule has 3 aromatic carbocycles. The van der Waals surface area contributed by atoms with E-state index in [0.29, 0.717) is 5.56 Å². The Balaban J connectivity index is 1.27. The summed E-state index contributed by atoms with van der Waals surface area (Å²) < 4.78 is 5.94. The van der Waals surface area contributed by atoms with Crippen molar-refractivity contribution in [2.24, 2.45) is 0 Å². The average molecular weight is 516 g/mol. The fraction of sp³-hybridized carbons (Fsp3) is 0.394. The fourth-order valence-electron chi connectivity index (χ4n) is 4.27. The first-order chi connectivity index (χ1) is 18.2. The Morgan fingerprint density at radius 2 is 1.34 bits per heavy atom. The number of hydrogen-bond acceptors (Lipinski definition) is 3. The number of unbranched alkanes of at least 4 members (excludes halogenated alkanes) is 4. The van der Waals surface area contributed by atoms with Crippen molar-refractivity contribution in [2.75, 3.05) is 13.2 Å². The van der Waals surface area contributed by atoms with Gasteiger partial charge in [-0.3, -0.25) is 9.59 Å². The van der Waals surface area contributed by atoms with Gasteiger partial charge in [-0.25, -0.2) is 0 Å². The zero-order valence-electron chi connectivity index (χ0n) is 23.0. The molecule has 2 N–H and O–H groups in total. The number of carboxylic acid groups (broad SMARTS) is 1. The van der Waals surface area contributed by atoms with Gasteiger partial charge in [-0.1, -0.05) is 88.6 Å². The summed E-state index contributed by atoms with van der Waals surface area (Å²) in [5.74, 6) is -0.238. The summed E-state index contributed by atoms with van der Waals surface area (Å²) in [4.78, 5) is 22.6. The lowest BCUT2D eigenvalue weighted by molar-refractivity contribution is -0.136. The lowest BCUT2D eigenvalue weighted by Gasteiger charge is -2.19. The van der Waals surface area contributed by atoms with Crippen LogP contribution in [0.15, 0.2) is 72.8 Å². The molecule has 38 heavy (non-hydrogen) atoms. The number of amides is 1. The van der Waals surface area contributed by atoms with Gasteiger partial charge in [0.05, 0.1) is 13.0 Å². The molecule has 0 unspecified atom stereocenters. The first-order valence-corrected chi connectivity index (χ1v) is 13.6. The number of aliphatic carboxylic acids is 1. The van der Waals surface area contributed by atoms with Gasteiger partial charge < -0.3 is 15.2 Å². The van der Waals surface area contributed by atoms with E-state index < -0.39 is 5.97 Å².